The summed E-state index contributed by atoms with van der Waals surface area (Å²) in [6.07, 6.45) is 5.04. The monoisotopic (exact) mass is 426 g/mol. The van der Waals surface area contributed by atoms with Crippen molar-refractivity contribution >= 4 is 23.3 Å². The smallest absolute Gasteiger partial charge is 0.219 e. The Morgan fingerprint density at radius 2 is 1.77 bits per heavy atom. The number of unbranched alkanes of at least 4 members (excludes halogenated alkanes) is 1. The summed E-state index contributed by atoms with van der Waals surface area (Å²) in [5.41, 5.74) is 4.44. The zero-order chi connectivity index (χ0) is 21.3. The number of halogens is 1. The molecule has 0 radical (unpaired) electrons. The minimum absolute atomic E-state index is 0.125. The van der Waals surface area contributed by atoms with Crippen LogP contribution in [0.25, 0.3) is 0 Å². The highest BCUT2D eigenvalue weighted by atomic mass is 35.5. The van der Waals surface area contributed by atoms with Gasteiger partial charge in [0.25, 0.3) is 0 Å². The van der Waals surface area contributed by atoms with Crippen molar-refractivity contribution in [2.75, 3.05) is 26.2 Å². The largest absolute Gasteiger partial charge is 0.342 e. The lowest BCUT2D eigenvalue weighted by atomic mass is 9.97. The Hall–Kier alpha value is -2.17. The summed E-state index contributed by atoms with van der Waals surface area (Å²) in [6.45, 7) is 4.91. The van der Waals surface area contributed by atoms with Crippen LogP contribution in [0.1, 0.15) is 53.2 Å². The maximum Gasteiger partial charge on any atom is 0.219 e. The number of Topliss-reactive ketones (excluding diaryl/α,β-unsaturated/α-hetero) is 1. The van der Waals surface area contributed by atoms with Gasteiger partial charge in [0, 0.05) is 37.0 Å². The number of benzene rings is 2. The highest BCUT2D eigenvalue weighted by Crippen LogP contribution is 2.19. The summed E-state index contributed by atoms with van der Waals surface area (Å²) in [5.74, 6) is 0.334. The third-order valence-electron chi connectivity index (χ3n) is 5.81. The van der Waals surface area contributed by atoms with Crippen LogP contribution in [0.15, 0.2) is 42.5 Å². The molecular formula is C25H31ClN2O2. The first-order valence-electron chi connectivity index (χ1n) is 10.9. The molecule has 0 aromatic heterocycles. The molecule has 0 bridgehead atoms. The Kier molecular flexibility index (Phi) is 8.47. The van der Waals surface area contributed by atoms with Gasteiger partial charge in [-0.15, -0.1) is 0 Å². The van der Waals surface area contributed by atoms with Crippen molar-refractivity contribution in [3.05, 3.63) is 69.7 Å². The summed E-state index contributed by atoms with van der Waals surface area (Å²) in [4.78, 5) is 26.1. The van der Waals surface area contributed by atoms with E-state index in [1.54, 1.807) is 6.92 Å². The lowest BCUT2D eigenvalue weighted by Crippen LogP contribution is -2.30. The van der Waals surface area contributed by atoms with Crippen molar-refractivity contribution in [2.24, 2.45) is 0 Å². The molecule has 30 heavy (non-hydrogen) atoms. The van der Waals surface area contributed by atoms with Crippen molar-refractivity contribution in [1.29, 1.82) is 0 Å². The maximum atomic E-state index is 12.6. The first-order valence-corrected chi connectivity index (χ1v) is 11.3. The van der Waals surface area contributed by atoms with Crippen molar-refractivity contribution in [3.63, 3.8) is 0 Å². The molecule has 0 atom stereocenters. The van der Waals surface area contributed by atoms with E-state index in [4.69, 9.17) is 11.6 Å². The number of rotatable bonds is 9. The van der Waals surface area contributed by atoms with E-state index in [1.807, 2.05) is 35.2 Å². The van der Waals surface area contributed by atoms with E-state index in [0.717, 1.165) is 74.4 Å². The van der Waals surface area contributed by atoms with Gasteiger partial charge >= 0.3 is 0 Å². The van der Waals surface area contributed by atoms with E-state index in [1.165, 1.54) is 11.1 Å². The fourth-order valence-corrected chi connectivity index (χ4v) is 4.17. The number of carbonyl (C=O) groups is 2. The molecule has 0 fully saturated rings. The van der Waals surface area contributed by atoms with Crippen molar-refractivity contribution in [3.8, 4) is 0 Å². The van der Waals surface area contributed by atoms with Gasteiger partial charge in [-0.3, -0.25) is 9.59 Å². The van der Waals surface area contributed by atoms with E-state index in [-0.39, 0.29) is 11.7 Å². The molecule has 0 spiro atoms. The van der Waals surface area contributed by atoms with E-state index in [0.29, 0.717) is 6.42 Å². The Balaban J connectivity index is 1.37. The van der Waals surface area contributed by atoms with Crippen LogP contribution in [0, 0.1) is 0 Å². The van der Waals surface area contributed by atoms with Crippen LogP contribution in [-0.4, -0.2) is 42.8 Å². The molecule has 1 amide bonds. The second kappa shape index (κ2) is 11.3. The lowest BCUT2D eigenvalue weighted by molar-refractivity contribution is -0.128. The summed E-state index contributed by atoms with van der Waals surface area (Å²) >= 11 is 6.17. The molecule has 1 aliphatic rings. The van der Waals surface area contributed by atoms with E-state index in [2.05, 4.69) is 17.4 Å². The van der Waals surface area contributed by atoms with Crippen molar-refractivity contribution < 1.29 is 9.59 Å². The molecule has 1 aliphatic heterocycles. The Bertz CT molecular complexity index is 881. The number of carbonyl (C=O) groups excluding carboxylic acids is 2. The molecule has 4 nitrogen and oxygen atoms in total. The molecule has 2 aromatic carbocycles. The number of ketones is 1. The molecule has 2 aromatic rings. The van der Waals surface area contributed by atoms with Crippen LogP contribution in [0.5, 0.6) is 0 Å². The molecule has 1 heterocycles. The highest BCUT2D eigenvalue weighted by molar-refractivity contribution is 6.31. The second-order valence-corrected chi connectivity index (χ2v) is 8.37. The number of amides is 1. The summed E-state index contributed by atoms with van der Waals surface area (Å²) in [7, 11) is 0. The number of nitrogens with one attached hydrogen (secondary N) is 1. The SMILES string of the molecule is CC(=O)N1CCc2ccc(C(=O)CCCCNCCc3ccccc3Cl)cc2CC1. The first-order chi connectivity index (χ1) is 14.5. The van der Waals surface area contributed by atoms with Crippen LogP contribution in [0.4, 0.5) is 0 Å². The number of fused-ring (bicyclic) bond motifs is 1. The minimum Gasteiger partial charge on any atom is -0.342 e. The standard InChI is InChI=1S/C25H31ClN2O2/c1-19(29)28-16-12-20-9-10-23(18-22(20)13-17-28)25(30)8-4-5-14-27-15-11-21-6-2-3-7-24(21)26/h2-3,6-7,9-10,18,27H,4-5,8,11-17H2,1H3. The van der Waals surface area contributed by atoms with Crippen molar-refractivity contribution in [2.45, 2.75) is 45.4 Å². The Morgan fingerprint density at radius 3 is 2.53 bits per heavy atom. The fraction of sp³-hybridized carbons (Fsp3) is 0.440. The van der Waals surface area contributed by atoms with Gasteiger partial charge in [-0.1, -0.05) is 41.9 Å². The number of nitrogens with zero attached hydrogens (tertiary/aromatic N) is 1. The summed E-state index contributed by atoms with van der Waals surface area (Å²) < 4.78 is 0. The fourth-order valence-electron chi connectivity index (χ4n) is 3.94. The van der Waals surface area contributed by atoms with Crippen LogP contribution < -0.4 is 5.32 Å². The Morgan fingerprint density at radius 1 is 1.00 bits per heavy atom. The molecule has 0 saturated carbocycles. The second-order valence-electron chi connectivity index (χ2n) is 7.96. The van der Waals surface area contributed by atoms with Crippen LogP contribution in [0.3, 0.4) is 0 Å². The number of hydrogen-bond donors (Lipinski definition) is 1. The average Bonchev–Trinajstić information content (AvgIpc) is 2.96. The van der Waals surface area contributed by atoms with Gasteiger partial charge < -0.3 is 10.2 Å². The quantitative estimate of drug-likeness (QED) is 0.475. The van der Waals surface area contributed by atoms with Gasteiger partial charge in [-0.25, -0.2) is 0 Å². The van der Waals surface area contributed by atoms with Gasteiger partial charge in [-0.05, 0) is 74.0 Å². The molecule has 0 aliphatic carbocycles. The van der Waals surface area contributed by atoms with E-state index in [9.17, 15) is 9.59 Å². The molecule has 0 unspecified atom stereocenters. The topological polar surface area (TPSA) is 49.4 Å². The third-order valence-corrected chi connectivity index (χ3v) is 6.18. The average molecular weight is 427 g/mol. The van der Waals surface area contributed by atoms with Gasteiger partial charge in [0.05, 0.1) is 0 Å². The predicted octanol–water partition coefficient (Wildman–Crippen LogP) is 4.47. The normalized spacial score (nSPS) is 13.6. The van der Waals surface area contributed by atoms with E-state index >= 15 is 0 Å². The predicted molar refractivity (Wildman–Crippen MR) is 122 cm³/mol. The molecule has 5 heteroatoms. The van der Waals surface area contributed by atoms with Gasteiger partial charge in [0.15, 0.2) is 5.78 Å². The van der Waals surface area contributed by atoms with Gasteiger partial charge in [0.1, 0.15) is 0 Å². The summed E-state index contributed by atoms with van der Waals surface area (Å²) in [6, 6.07) is 14.0. The molecule has 3 rings (SSSR count). The minimum atomic E-state index is 0.125. The lowest BCUT2D eigenvalue weighted by Gasteiger charge is -2.17. The molecule has 0 saturated heterocycles. The first kappa shape index (κ1) is 22.5. The molecule has 160 valence electrons. The van der Waals surface area contributed by atoms with E-state index < -0.39 is 0 Å². The van der Waals surface area contributed by atoms with Gasteiger partial charge in [0.2, 0.25) is 5.91 Å². The number of hydrogen-bond acceptors (Lipinski definition) is 3. The van der Waals surface area contributed by atoms with Crippen LogP contribution in [-0.2, 0) is 24.1 Å². The summed E-state index contributed by atoms with van der Waals surface area (Å²) in [5, 5.41) is 4.25. The molecule has 1 N–H and O–H groups in total. The van der Waals surface area contributed by atoms with Crippen LogP contribution in [0.2, 0.25) is 5.02 Å². The highest BCUT2D eigenvalue weighted by Gasteiger charge is 2.17. The van der Waals surface area contributed by atoms with Crippen molar-refractivity contribution in [1.82, 2.24) is 10.2 Å². The van der Waals surface area contributed by atoms with Crippen LogP contribution >= 0.6 is 11.6 Å². The zero-order valence-electron chi connectivity index (χ0n) is 17.8. The Labute approximate surface area is 184 Å². The third kappa shape index (κ3) is 6.41. The van der Waals surface area contributed by atoms with Gasteiger partial charge in [-0.2, -0.15) is 0 Å². The maximum absolute atomic E-state index is 12.6. The molecular weight excluding hydrogens is 396 g/mol. The zero-order valence-corrected chi connectivity index (χ0v) is 18.5.